The summed E-state index contributed by atoms with van der Waals surface area (Å²) >= 11 is 4.89. The molecule has 1 N–H and O–H groups in total. The first kappa shape index (κ1) is 19.2. The van der Waals surface area contributed by atoms with Crippen molar-refractivity contribution in [2.75, 3.05) is 11.9 Å². The molecule has 0 atom stereocenters. The van der Waals surface area contributed by atoms with E-state index in [1.54, 1.807) is 29.2 Å². The Labute approximate surface area is 174 Å². The number of rotatable bonds is 8. The van der Waals surface area contributed by atoms with Gasteiger partial charge in [-0.05, 0) is 41.5 Å². The summed E-state index contributed by atoms with van der Waals surface area (Å²) in [6.45, 7) is 2.92. The van der Waals surface area contributed by atoms with Crippen LogP contribution in [0.15, 0.2) is 55.3 Å². The van der Waals surface area contributed by atoms with E-state index in [-0.39, 0.29) is 5.63 Å². The van der Waals surface area contributed by atoms with Crippen molar-refractivity contribution in [3.8, 4) is 0 Å². The van der Waals surface area contributed by atoms with E-state index in [1.807, 2.05) is 12.1 Å². The van der Waals surface area contributed by atoms with Gasteiger partial charge in [0.25, 0.3) is 0 Å². The van der Waals surface area contributed by atoms with Crippen molar-refractivity contribution < 1.29 is 4.42 Å². The summed E-state index contributed by atoms with van der Waals surface area (Å²) in [4.78, 5) is 13.3. The van der Waals surface area contributed by atoms with Crippen LogP contribution in [-0.2, 0) is 18.6 Å². The van der Waals surface area contributed by atoms with Gasteiger partial charge in [0.05, 0.1) is 0 Å². The third-order valence-electron chi connectivity index (χ3n) is 4.29. The number of aryl methyl sites for hydroxylation is 1. The summed E-state index contributed by atoms with van der Waals surface area (Å²) in [5.74, 6) is 0.650. The first-order chi connectivity index (χ1) is 13.7. The van der Waals surface area contributed by atoms with Gasteiger partial charge in [0, 0.05) is 28.6 Å². The van der Waals surface area contributed by atoms with Gasteiger partial charge >= 0.3 is 5.63 Å². The second kappa shape index (κ2) is 8.89. The largest absolute Gasteiger partial charge is 0.423 e. The van der Waals surface area contributed by atoms with Crippen LogP contribution in [0.25, 0.3) is 11.0 Å². The highest BCUT2D eigenvalue weighted by Crippen LogP contribution is 2.30. The van der Waals surface area contributed by atoms with E-state index in [2.05, 4.69) is 46.0 Å². The maximum atomic E-state index is 11.9. The van der Waals surface area contributed by atoms with Gasteiger partial charge in [0.1, 0.15) is 5.58 Å². The molecule has 144 valence electrons. The van der Waals surface area contributed by atoms with Crippen molar-refractivity contribution in [1.29, 1.82) is 0 Å². The molecule has 4 aromatic rings. The van der Waals surface area contributed by atoms with Crippen LogP contribution in [0.4, 0.5) is 5.13 Å². The molecule has 4 rings (SSSR count). The molecule has 0 saturated heterocycles. The maximum Gasteiger partial charge on any atom is 0.336 e. The lowest BCUT2D eigenvalue weighted by Gasteiger charge is -2.05. The van der Waals surface area contributed by atoms with Crippen LogP contribution < -0.4 is 10.9 Å². The molecule has 0 radical (unpaired) electrons. The van der Waals surface area contributed by atoms with Crippen LogP contribution in [0.2, 0.25) is 0 Å². The number of nitrogens with zero attached hydrogens (tertiary/aromatic N) is 2. The Morgan fingerprint density at radius 3 is 2.96 bits per heavy atom. The van der Waals surface area contributed by atoms with E-state index in [4.69, 9.17) is 4.42 Å². The van der Waals surface area contributed by atoms with Gasteiger partial charge in [-0.1, -0.05) is 48.2 Å². The zero-order valence-electron chi connectivity index (χ0n) is 15.3. The summed E-state index contributed by atoms with van der Waals surface area (Å²) in [5, 5.41) is 15.7. The van der Waals surface area contributed by atoms with E-state index in [0.29, 0.717) is 11.3 Å². The second-order valence-corrected chi connectivity index (χ2v) is 9.42. The molecule has 0 bridgehead atoms. The third-order valence-corrected chi connectivity index (χ3v) is 7.29. The summed E-state index contributed by atoms with van der Waals surface area (Å²) in [6.07, 6.45) is 1.89. The lowest BCUT2D eigenvalue weighted by molar-refractivity contribution is 0.559. The fourth-order valence-corrected chi connectivity index (χ4v) is 5.32. The minimum Gasteiger partial charge on any atom is -0.423 e. The zero-order chi connectivity index (χ0) is 19.3. The van der Waals surface area contributed by atoms with E-state index in [1.165, 1.54) is 16.2 Å². The van der Waals surface area contributed by atoms with Crippen LogP contribution in [0, 0.1) is 0 Å². The van der Waals surface area contributed by atoms with Gasteiger partial charge in [0.2, 0.25) is 5.13 Å². The minimum absolute atomic E-state index is 0.315. The van der Waals surface area contributed by atoms with E-state index in [9.17, 15) is 4.79 Å². The average Bonchev–Trinajstić information content (AvgIpc) is 3.37. The molecule has 0 fully saturated rings. The molecule has 0 aliphatic heterocycles. The van der Waals surface area contributed by atoms with Crippen molar-refractivity contribution in [3.05, 3.63) is 68.2 Å². The highest BCUT2D eigenvalue weighted by molar-refractivity contribution is 8.00. The van der Waals surface area contributed by atoms with Gasteiger partial charge in [-0.25, -0.2) is 4.79 Å². The standard InChI is InChI=1S/C20H19N3O2S3/c1-2-13-5-6-16-14(11-18(24)25-17(16)10-13)12-27-20-23-22-19(28-20)21-8-7-15-4-3-9-26-15/h3-6,9-11H,2,7-8,12H2,1H3,(H,21,22). The molecule has 0 aliphatic carbocycles. The molecule has 0 spiro atoms. The fourth-order valence-electron chi connectivity index (χ4n) is 2.84. The Hall–Kier alpha value is -2.16. The molecule has 28 heavy (non-hydrogen) atoms. The van der Waals surface area contributed by atoms with Crippen molar-refractivity contribution in [1.82, 2.24) is 10.2 Å². The van der Waals surface area contributed by atoms with Crippen molar-refractivity contribution in [2.45, 2.75) is 29.9 Å². The summed E-state index contributed by atoms with van der Waals surface area (Å²) in [6, 6.07) is 11.8. The topological polar surface area (TPSA) is 68.0 Å². The van der Waals surface area contributed by atoms with Gasteiger partial charge in [0.15, 0.2) is 4.34 Å². The van der Waals surface area contributed by atoms with Gasteiger partial charge in [-0.2, -0.15) is 0 Å². The molecule has 0 unspecified atom stereocenters. The van der Waals surface area contributed by atoms with Crippen molar-refractivity contribution in [2.24, 2.45) is 0 Å². The predicted octanol–water partition coefficient (Wildman–Crippen LogP) is 5.22. The Kier molecular flexibility index (Phi) is 6.09. The number of thiophene rings is 1. The third kappa shape index (κ3) is 4.63. The summed E-state index contributed by atoms with van der Waals surface area (Å²) in [5.41, 5.74) is 2.45. The number of fused-ring (bicyclic) bond motifs is 1. The Morgan fingerprint density at radius 2 is 2.14 bits per heavy atom. The molecule has 0 aliphatic rings. The SMILES string of the molecule is CCc1ccc2c(CSc3nnc(NCCc4cccs4)s3)cc(=O)oc2c1. The number of thioether (sulfide) groups is 1. The van der Waals surface area contributed by atoms with Crippen molar-refractivity contribution >= 4 is 50.5 Å². The normalized spacial score (nSPS) is 11.2. The number of hydrogen-bond donors (Lipinski definition) is 1. The Balaban J connectivity index is 1.40. The fraction of sp³-hybridized carbons (Fsp3) is 0.250. The highest BCUT2D eigenvalue weighted by Gasteiger charge is 2.10. The number of hydrogen-bond acceptors (Lipinski definition) is 8. The molecule has 8 heteroatoms. The average molecular weight is 430 g/mol. The van der Waals surface area contributed by atoms with Gasteiger partial charge in [-0.15, -0.1) is 21.5 Å². The molecule has 0 saturated carbocycles. The molecule has 1 aromatic carbocycles. The lowest BCUT2D eigenvalue weighted by atomic mass is 10.1. The molecule has 0 amide bonds. The first-order valence-electron chi connectivity index (χ1n) is 8.99. The smallest absolute Gasteiger partial charge is 0.336 e. The van der Waals surface area contributed by atoms with Crippen molar-refractivity contribution in [3.63, 3.8) is 0 Å². The molecule has 3 heterocycles. The Bertz CT molecular complexity index is 1120. The minimum atomic E-state index is -0.315. The van der Waals surface area contributed by atoms with Crippen LogP contribution in [-0.4, -0.2) is 16.7 Å². The maximum absolute atomic E-state index is 11.9. The molecule has 3 aromatic heterocycles. The van der Waals surface area contributed by atoms with Gasteiger partial charge < -0.3 is 9.73 Å². The quantitative estimate of drug-likeness (QED) is 0.306. The number of anilines is 1. The van der Waals surface area contributed by atoms with Gasteiger partial charge in [-0.3, -0.25) is 0 Å². The first-order valence-corrected chi connectivity index (χ1v) is 11.7. The Morgan fingerprint density at radius 1 is 1.21 bits per heavy atom. The summed E-state index contributed by atoms with van der Waals surface area (Å²) in [7, 11) is 0. The van der Waals surface area contributed by atoms with E-state index in [0.717, 1.165) is 45.4 Å². The monoisotopic (exact) mass is 429 g/mol. The number of aromatic nitrogens is 2. The second-order valence-electron chi connectivity index (χ2n) is 6.19. The lowest BCUT2D eigenvalue weighted by Crippen LogP contribution is -2.03. The van der Waals surface area contributed by atoms with Crippen LogP contribution in [0.3, 0.4) is 0 Å². The predicted molar refractivity (Wildman–Crippen MR) is 118 cm³/mol. The number of benzene rings is 1. The zero-order valence-corrected chi connectivity index (χ0v) is 17.8. The van der Waals surface area contributed by atoms with E-state index >= 15 is 0 Å². The molecular weight excluding hydrogens is 410 g/mol. The molecule has 5 nitrogen and oxygen atoms in total. The van der Waals surface area contributed by atoms with E-state index < -0.39 is 0 Å². The van der Waals surface area contributed by atoms with Crippen LogP contribution >= 0.6 is 34.4 Å². The van der Waals surface area contributed by atoms with Crippen LogP contribution in [0.5, 0.6) is 0 Å². The number of nitrogens with one attached hydrogen (secondary N) is 1. The highest BCUT2D eigenvalue weighted by atomic mass is 32.2. The molecular formula is C20H19N3O2S3. The summed E-state index contributed by atoms with van der Waals surface area (Å²) < 4.78 is 6.26. The van der Waals surface area contributed by atoms with Crippen LogP contribution in [0.1, 0.15) is 22.9 Å².